The van der Waals surface area contributed by atoms with E-state index >= 15 is 0 Å². The molecule has 26 heavy (non-hydrogen) atoms. The van der Waals surface area contributed by atoms with E-state index in [-0.39, 0.29) is 28.7 Å². The molecular formula is C18H21FN2O4S. The summed E-state index contributed by atoms with van der Waals surface area (Å²) in [7, 11) is -2.03. The van der Waals surface area contributed by atoms with Gasteiger partial charge in [0.1, 0.15) is 17.7 Å². The zero-order chi connectivity index (χ0) is 19.1. The molecule has 0 spiro atoms. The van der Waals surface area contributed by atoms with E-state index in [0.29, 0.717) is 18.7 Å². The van der Waals surface area contributed by atoms with Crippen LogP contribution in [0.5, 0.6) is 5.75 Å². The van der Waals surface area contributed by atoms with Crippen molar-refractivity contribution >= 4 is 10.0 Å². The van der Waals surface area contributed by atoms with Crippen LogP contribution in [-0.4, -0.2) is 36.5 Å². The lowest BCUT2D eigenvalue weighted by molar-refractivity contribution is 0.214. The molecule has 0 amide bonds. The summed E-state index contributed by atoms with van der Waals surface area (Å²) in [6, 6.07) is 6.92. The fraction of sp³-hybridized carbons (Fsp3) is 0.389. The predicted octanol–water partition coefficient (Wildman–Crippen LogP) is 1.98. The molecule has 0 saturated carbocycles. The van der Waals surface area contributed by atoms with E-state index in [1.807, 2.05) is 0 Å². The number of pyridine rings is 1. The van der Waals surface area contributed by atoms with Crippen LogP contribution in [0.15, 0.2) is 40.0 Å². The Morgan fingerprint density at radius 3 is 2.58 bits per heavy atom. The Kier molecular flexibility index (Phi) is 4.90. The third-order valence-electron chi connectivity index (χ3n) is 4.65. The maximum absolute atomic E-state index is 13.4. The van der Waals surface area contributed by atoms with E-state index in [9.17, 15) is 17.6 Å². The lowest BCUT2D eigenvalue weighted by atomic mass is 10.2. The van der Waals surface area contributed by atoms with Crippen LogP contribution in [0.3, 0.4) is 0 Å². The largest absolute Gasteiger partial charge is 0.489 e. The van der Waals surface area contributed by atoms with Crippen LogP contribution in [0.25, 0.3) is 0 Å². The summed E-state index contributed by atoms with van der Waals surface area (Å²) < 4.78 is 47.6. The monoisotopic (exact) mass is 380 g/mol. The van der Waals surface area contributed by atoms with Gasteiger partial charge < -0.3 is 9.30 Å². The number of hydrogen-bond donors (Lipinski definition) is 0. The molecule has 0 aliphatic carbocycles. The first-order chi connectivity index (χ1) is 12.2. The van der Waals surface area contributed by atoms with Crippen molar-refractivity contribution < 1.29 is 17.5 Å². The highest BCUT2D eigenvalue weighted by Crippen LogP contribution is 2.25. The molecule has 2 aromatic rings. The quantitative estimate of drug-likeness (QED) is 0.813. The molecule has 0 bridgehead atoms. The van der Waals surface area contributed by atoms with Crippen LogP contribution in [-0.2, 0) is 17.1 Å². The summed E-state index contributed by atoms with van der Waals surface area (Å²) in [5.74, 6) is 0.0000780. The van der Waals surface area contributed by atoms with E-state index in [1.165, 1.54) is 34.0 Å². The van der Waals surface area contributed by atoms with Crippen LogP contribution in [0.2, 0.25) is 0 Å². The SMILES string of the molecule is Cc1cc(S(=O)(=O)N2CCC(Oc3cc(C)n(C)c(=O)c3)C2)ccc1F. The first-order valence-corrected chi connectivity index (χ1v) is 9.73. The number of aromatic nitrogens is 1. The molecule has 6 nitrogen and oxygen atoms in total. The maximum atomic E-state index is 13.4. The number of benzene rings is 1. The summed E-state index contributed by atoms with van der Waals surface area (Å²) in [6.45, 7) is 3.83. The number of aryl methyl sites for hydroxylation is 2. The van der Waals surface area contributed by atoms with E-state index in [0.717, 1.165) is 11.8 Å². The number of rotatable bonds is 4. The fourth-order valence-corrected chi connectivity index (χ4v) is 4.51. The van der Waals surface area contributed by atoms with Crippen molar-refractivity contribution in [2.75, 3.05) is 13.1 Å². The van der Waals surface area contributed by atoms with Gasteiger partial charge in [-0.1, -0.05) is 0 Å². The van der Waals surface area contributed by atoms with Crippen LogP contribution < -0.4 is 10.3 Å². The van der Waals surface area contributed by atoms with E-state index in [1.54, 1.807) is 20.0 Å². The predicted molar refractivity (Wildman–Crippen MR) is 95.3 cm³/mol. The molecule has 1 aliphatic heterocycles. The first-order valence-electron chi connectivity index (χ1n) is 8.29. The van der Waals surface area contributed by atoms with Gasteiger partial charge in [0.25, 0.3) is 5.56 Å². The van der Waals surface area contributed by atoms with Gasteiger partial charge in [-0.15, -0.1) is 0 Å². The minimum atomic E-state index is -3.71. The van der Waals surface area contributed by atoms with Crippen LogP contribution in [0.4, 0.5) is 4.39 Å². The van der Waals surface area contributed by atoms with Crippen molar-refractivity contribution in [1.82, 2.24) is 8.87 Å². The van der Waals surface area contributed by atoms with Crippen LogP contribution >= 0.6 is 0 Å². The zero-order valence-corrected chi connectivity index (χ0v) is 15.7. The van der Waals surface area contributed by atoms with Crippen molar-refractivity contribution in [3.8, 4) is 5.75 Å². The summed E-state index contributed by atoms with van der Waals surface area (Å²) in [6.07, 6.45) is 0.186. The molecular weight excluding hydrogens is 359 g/mol. The average molecular weight is 380 g/mol. The molecule has 0 radical (unpaired) electrons. The number of hydrogen-bond acceptors (Lipinski definition) is 4. The van der Waals surface area contributed by atoms with Gasteiger partial charge in [0.15, 0.2) is 0 Å². The Balaban J connectivity index is 1.75. The highest BCUT2D eigenvalue weighted by molar-refractivity contribution is 7.89. The topological polar surface area (TPSA) is 68.6 Å². The molecule has 1 aliphatic rings. The van der Waals surface area contributed by atoms with E-state index in [4.69, 9.17) is 4.74 Å². The van der Waals surface area contributed by atoms with Crippen molar-refractivity contribution in [2.24, 2.45) is 7.05 Å². The Morgan fingerprint density at radius 1 is 1.19 bits per heavy atom. The highest BCUT2D eigenvalue weighted by atomic mass is 32.2. The third-order valence-corrected chi connectivity index (χ3v) is 6.52. The Labute approximate surface area is 151 Å². The molecule has 8 heteroatoms. The number of nitrogens with zero attached hydrogens (tertiary/aromatic N) is 2. The Hall–Kier alpha value is -2.19. The first kappa shape index (κ1) is 18.6. The highest BCUT2D eigenvalue weighted by Gasteiger charge is 2.34. The summed E-state index contributed by atoms with van der Waals surface area (Å²) in [4.78, 5) is 11.9. The third kappa shape index (κ3) is 3.52. The number of ether oxygens (including phenoxy) is 1. The summed E-state index contributed by atoms with van der Waals surface area (Å²) in [5, 5.41) is 0. The molecule has 1 saturated heterocycles. The second kappa shape index (κ2) is 6.85. The van der Waals surface area contributed by atoms with Gasteiger partial charge in [-0.05, 0) is 50.1 Å². The van der Waals surface area contributed by atoms with E-state index < -0.39 is 15.8 Å². The van der Waals surface area contributed by atoms with Crippen LogP contribution in [0.1, 0.15) is 17.7 Å². The molecule has 1 unspecified atom stereocenters. The van der Waals surface area contributed by atoms with Crippen molar-refractivity contribution in [3.05, 3.63) is 57.8 Å². The lowest BCUT2D eigenvalue weighted by Crippen LogP contribution is -2.31. The molecule has 3 rings (SSSR count). The standard InChI is InChI=1S/C18H21FN2O4S/c1-12-8-16(4-5-17(12)19)26(23,24)21-7-6-14(11-21)25-15-9-13(2)20(3)18(22)10-15/h4-5,8-10,14H,6-7,11H2,1-3H3. The van der Waals surface area contributed by atoms with Gasteiger partial charge in [0.05, 0.1) is 11.4 Å². The molecule has 140 valence electrons. The van der Waals surface area contributed by atoms with Gasteiger partial charge >= 0.3 is 0 Å². The van der Waals surface area contributed by atoms with Gasteiger partial charge in [0.2, 0.25) is 10.0 Å². The molecule has 0 N–H and O–H groups in total. The molecule has 1 atom stereocenters. The number of sulfonamides is 1. The number of halogens is 1. The lowest BCUT2D eigenvalue weighted by Gasteiger charge is -2.18. The van der Waals surface area contributed by atoms with Crippen molar-refractivity contribution in [2.45, 2.75) is 31.3 Å². The fourth-order valence-electron chi connectivity index (χ4n) is 2.94. The smallest absolute Gasteiger partial charge is 0.254 e. The normalized spacial score (nSPS) is 18.2. The second-order valence-electron chi connectivity index (χ2n) is 6.53. The van der Waals surface area contributed by atoms with Gasteiger partial charge in [-0.2, -0.15) is 4.31 Å². The minimum Gasteiger partial charge on any atom is -0.489 e. The minimum absolute atomic E-state index is 0.0708. The van der Waals surface area contributed by atoms with Crippen molar-refractivity contribution in [1.29, 1.82) is 0 Å². The van der Waals surface area contributed by atoms with Gasteiger partial charge in [-0.25, -0.2) is 12.8 Å². The molecule has 2 heterocycles. The van der Waals surface area contributed by atoms with Crippen LogP contribution in [0, 0.1) is 19.7 Å². The Bertz CT molecular complexity index is 1000. The van der Waals surface area contributed by atoms with Crippen molar-refractivity contribution in [3.63, 3.8) is 0 Å². The second-order valence-corrected chi connectivity index (χ2v) is 8.47. The van der Waals surface area contributed by atoms with E-state index in [2.05, 4.69) is 0 Å². The summed E-state index contributed by atoms with van der Waals surface area (Å²) >= 11 is 0. The molecule has 1 fully saturated rings. The van der Waals surface area contributed by atoms with Gasteiger partial charge in [-0.3, -0.25) is 4.79 Å². The summed E-state index contributed by atoms with van der Waals surface area (Å²) in [5.41, 5.74) is 0.870. The molecule has 1 aromatic carbocycles. The molecule has 1 aromatic heterocycles. The maximum Gasteiger partial charge on any atom is 0.254 e. The average Bonchev–Trinajstić information content (AvgIpc) is 3.04. The van der Waals surface area contributed by atoms with Gasteiger partial charge in [0, 0.05) is 25.4 Å². The Morgan fingerprint density at radius 2 is 1.92 bits per heavy atom. The zero-order valence-electron chi connectivity index (χ0n) is 14.9.